The van der Waals surface area contributed by atoms with E-state index >= 15 is 0 Å². The molecule has 1 aromatic heterocycles. The molecule has 1 aliphatic rings. The number of phenolic OH excluding ortho intramolecular Hbond substituents is 1. The maximum atomic E-state index is 12.6. The summed E-state index contributed by atoms with van der Waals surface area (Å²) in [7, 11) is 0. The van der Waals surface area contributed by atoms with Crippen LogP contribution in [0.4, 0.5) is 5.69 Å². The fourth-order valence-electron chi connectivity index (χ4n) is 4.05. The molecular weight excluding hydrogens is 378 g/mol. The summed E-state index contributed by atoms with van der Waals surface area (Å²) in [6.45, 7) is 2.05. The van der Waals surface area contributed by atoms with Gasteiger partial charge in [0.15, 0.2) is 5.78 Å². The third-order valence-electron chi connectivity index (χ3n) is 5.65. The third-order valence-corrected chi connectivity index (χ3v) is 5.65. The number of Topliss-reactive ketones (excluding diaryl/α,β-unsaturated/α-hetero) is 1. The van der Waals surface area contributed by atoms with Crippen molar-refractivity contribution in [2.75, 3.05) is 25.0 Å². The Morgan fingerprint density at radius 1 is 1.13 bits per heavy atom. The number of likely N-dealkylation sites (tertiary alicyclic amines) is 1. The molecule has 0 aliphatic carbocycles. The number of anilines is 1. The molecule has 6 nitrogen and oxygen atoms in total. The number of hydrogen-bond acceptors (Lipinski definition) is 6. The van der Waals surface area contributed by atoms with Gasteiger partial charge in [-0.1, -0.05) is 18.2 Å². The second-order valence-corrected chi connectivity index (χ2v) is 7.95. The number of rotatable bonds is 7. The number of nitrogens with one attached hydrogen (secondary N) is 1. The summed E-state index contributed by atoms with van der Waals surface area (Å²) in [5.41, 5.74) is 3.45. The summed E-state index contributed by atoms with van der Waals surface area (Å²) in [6, 6.07) is 15.3. The summed E-state index contributed by atoms with van der Waals surface area (Å²) >= 11 is 0. The third kappa shape index (κ3) is 4.96. The van der Waals surface area contributed by atoms with E-state index < -0.39 is 0 Å². The van der Waals surface area contributed by atoms with Crippen molar-refractivity contribution < 1.29 is 15.0 Å². The highest BCUT2D eigenvalue weighted by molar-refractivity contribution is 5.85. The van der Waals surface area contributed by atoms with Crippen LogP contribution in [0, 0.1) is 0 Å². The molecule has 1 fully saturated rings. The van der Waals surface area contributed by atoms with Crippen LogP contribution in [-0.4, -0.2) is 51.6 Å². The van der Waals surface area contributed by atoms with Gasteiger partial charge in [-0.25, -0.2) is 0 Å². The normalized spacial score (nSPS) is 15.4. The number of hydrogen-bond donors (Lipinski definition) is 3. The number of ketones is 1. The molecule has 0 amide bonds. The van der Waals surface area contributed by atoms with Gasteiger partial charge in [0.05, 0.1) is 18.7 Å². The number of aromatic nitrogens is 1. The van der Waals surface area contributed by atoms with E-state index in [0.29, 0.717) is 18.5 Å². The number of fused-ring (bicyclic) bond motifs is 1. The number of aliphatic hydroxyl groups is 1. The number of para-hydroxylation sites is 1. The summed E-state index contributed by atoms with van der Waals surface area (Å²) in [5, 5.41) is 23.6. The quantitative estimate of drug-likeness (QED) is 0.524. The van der Waals surface area contributed by atoms with Gasteiger partial charge in [0.25, 0.3) is 0 Å². The molecule has 0 unspecified atom stereocenters. The number of nitrogens with zero attached hydrogens (tertiary/aromatic N) is 2. The van der Waals surface area contributed by atoms with Crippen molar-refractivity contribution in [2.24, 2.45) is 0 Å². The highest BCUT2D eigenvalue weighted by Gasteiger charge is 2.21. The number of pyridine rings is 1. The summed E-state index contributed by atoms with van der Waals surface area (Å²) in [4.78, 5) is 19.2. The van der Waals surface area contributed by atoms with Gasteiger partial charge in [-0.15, -0.1) is 0 Å². The Hall–Kier alpha value is -2.96. The molecule has 0 bridgehead atoms. The topological polar surface area (TPSA) is 85.7 Å². The zero-order valence-electron chi connectivity index (χ0n) is 16.9. The Morgan fingerprint density at radius 2 is 1.93 bits per heavy atom. The van der Waals surface area contributed by atoms with Gasteiger partial charge in [0, 0.05) is 48.4 Å². The number of phenols is 1. The second kappa shape index (κ2) is 9.24. The Balaban J connectivity index is 1.27. The minimum absolute atomic E-state index is 0.117. The number of aliphatic hydroxyl groups excluding tert-OH is 1. The minimum atomic E-state index is -0.117. The number of carbonyl (C=O) groups excluding carboxylic acids is 1. The van der Waals surface area contributed by atoms with Gasteiger partial charge in [0.1, 0.15) is 5.75 Å². The number of aromatic hydroxyl groups is 1. The fraction of sp³-hybridized carbons (Fsp3) is 0.333. The summed E-state index contributed by atoms with van der Waals surface area (Å²) in [6.07, 6.45) is 4.06. The van der Waals surface area contributed by atoms with Crippen LogP contribution in [0.5, 0.6) is 5.75 Å². The first-order valence-corrected chi connectivity index (χ1v) is 10.4. The molecule has 1 saturated heterocycles. The molecule has 1 aliphatic heterocycles. The fourth-order valence-corrected chi connectivity index (χ4v) is 4.05. The van der Waals surface area contributed by atoms with E-state index in [-0.39, 0.29) is 24.2 Å². The van der Waals surface area contributed by atoms with E-state index in [4.69, 9.17) is 0 Å². The first-order valence-electron chi connectivity index (χ1n) is 10.4. The SMILES string of the molecule is O=C(Cc1cnc2ccccc2c1)CN1CCC(Nc2ccc(O)cc2CO)CC1. The Kier molecular flexibility index (Phi) is 6.26. The monoisotopic (exact) mass is 405 g/mol. The predicted octanol–water partition coefficient (Wildman–Crippen LogP) is 3.12. The first kappa shape index (κ1) is 20.3. The van der Waals surface area contributed by atoms with E-state index in [1.165, 1.54) is 0 Å². The van der Waals surface area contributed by atoms with Crippen LogP contribution in [0.1, 0.15) is 24.0 Å². The van der Waals surface area contributed by atoms with Gasteiger partial charge in [-0.05, 0) is 48.7 Å². The molecule has 156 valence electrons. The van der Waals surface area contributed by atoms with E-state index in [1.807, 2.05) is 30.3 Å². The number of carbonyl (C=O) groups is 1. The van der Waals surface area contributed by atoms with Crippen molar-refractivity contribution in [1.29, 1.82) is 0 Å². The van der Waals surface area contributed by atoms with Crippen LogP contribution >= 0.6 is 0 Å². The molecule has 4 rings (SSSR count). The molecule has 0 saturated carbocycles. The molecule has 3 N–H and O–H groups in total. The molecule has 2 aromatic carbocycles. The van der Waals surface area contributed by atoms with Crippen LogP contribution in [0.3, 0.4) is 0 Å². The Labute approximate surface area is 176 Å². The smallest absolute Gasteiger partial charge is 0.151 e. The van der Waals surface area contributed by atoms with Crippen LogP contribution in [-0.2, 0) is 17.8 Å². The first-order chi connectivity index (χ1) is 14.6. The van der Waals surface area contributed by atoms with E-state index in [2.05, 4.69) is 15.2 Å². The Bertz CT molecular complexity index is 1030. The minimum Gasteiger partial charge on any atom is -0.508 e. The van der Waals surface area contributed by atoms with Gasteiger partial charge in [0.2, 0.25) is 0 Å². The van der Waals surface area contributed by atoms with Crippen LogP contribution in [0.2, 0.25) is 0 Å². The summed E-state index contributed by atoms with van der Waals surface area (Å²) in [5.74, 6) is 0.360. The van der Waals surface area contributed by atoms with Gasteiger partial charge in [-0.3, -0.25) is 14.7 Å². The average Bonchev–Trinajstić information content (AvgIpc) is 2.76. The molecule has 30 heavy (non-hydrogen) atoms. The highest BCUT2D eigenvalue weighted by atomic mass is 16.3. The summed E-state index contributed by atoms with van der Waals surface area (Å²) < 4.78 is 0. The van der Waals surface area contributed by atoms with E-state index in [0.717, 1.165) is 48.1 Å². The zero-order chi connectivity index (χ0) is 20.9. The molecule has 2 heterocycles. The second-order valence-electron chi connectivity index (χ2n) is 7.95. The van der Waals surface area contributed by atoms with Gasteiger partial charge < -0.3 is 15.5 Å². The zero-order valence-corrected chi connectivity index (χ0v) is 16.9. The van der Waals surface area contributed by atoms with Gasteiger partial charge in [-0.2, -0.15) is 0 Å². The lowest BCUT2D eigenvalue weighted by atomic mass is 10.0. The van der Waals surface area contributed by atoms with Crippen molar-refractivity contribution in [3.8, 4) is 5.75 Å². The lowest BCUT2D eigenvalue weighted by Crippen LogP contribution is -2.41. The van der Waals surface area contributed by atoms with Crippen molar-refractivity contribution in [3.63, 3.8) is 0 Å². The van der Waals surface area contributed by atoms with Crippen molar-refractivity contribution in [2.45, 2.75) is 31.9 Å². The molecule has 0 atom stereocenters. The van der Waals surface area contributed by atoms with Crippen LogP contribution in [0.15, 0.2) is 54.7 Å². The van der Waals surface area contributed by atoms with Crippen molar-refractivity contribution in [3.05, 3.63) is 65.9 Å². The standard InChI is InChI=1S/C24H27N3O3/c28-16-19-13-21(29)5-6-24(19)26-20-7-9-27(10-8-20)15-22(30)12-17-11-18-3-1-2-4-23(18)25-14-17/h1-6,11,13-14,20,26,28-29H,7-10,12,15-16H2. The van der Waals surface area contributed by atoms with Crippen LogP contribution < -0.4 is 5.32 Å². The largest absolute Gasteiger partial charge is 0.508 e. The van der Waals surface area contributed by atoms with Gasteiger partial charge >= 0.3 is 0 Å². The van der Waals surface area contributed by atoms with E-state index in [9.17, 15) is 15.0 Å². The van der Waals surface area contributed by atoms with E-state index in [1.54, 1.807) is 24.4 Å². The Morgan fingerprint density at radius 3 is 2.73 bits per heavy atom. The number of benzene rings is 2. The molecule has 0 radical (unpaired) electrons. The number of piperidine rings is 1. The van der Waals surface area contributed by atoms with Crippen LogP contribution in [0.25, 0.3) is 10.9 Å². The molecule has 6 heteroatoms. The molecule has 3 aromatic rings. The maximum Gasteiger partial charge on any atom is 0.151 e. The predicted molar refractivity (Wildman–Crippen MR) is 118 cm³/mol. The maximum absolute atomic E-state index is 12.6. The van der Waals surface area contributed by atoms with Crippen molar-refractivity contribution in [1.82, 2.24) is 9.88 Å². The lowest BCUT2D eigenvalue weighted by molar-refractivity contribution is -0.119. The molecule has 0 spiro atoms. The highest BCUT2D eigenvalue weighted by Crippen LogP contribution is 2.24. The lowest BCUT2D eigenvalue weighted by Gasteiger charge is -2.32. The van der Waals surface area contributed by atoms with Crippen molar-refractivity contribution >= 4 is 22.4 Å². The average molecular weight is 405 g/mol. The molecular formula is C24H27N3O3.